The second-order valence-electron chi connectivity index (χ2n) is 5.25. The molecule has 0 bridgehead atoms. The Bertz CT molecular complexity index is 851. The van der Waals surface area contributed by atoms with E-state index >= 15 is 0 Å². The smallest absolute Gasteiger partial charge is 0.176 e. The molecule has 0 aliphatic rings. The van der Waals surface area contributed by atoms with Crippen molar-refractivity contribution in [1.29, 1.82) is 0 Å². The van der Waals surface area contributed by atoms with Crippen molar-refractivity contribution in [3.05, 3.63) is 84.9 Å². The lowest BCUT2D eigenvalue weighted by Crippen LogP contribution is -2.24. The topological polar surface area (TPSA) is 34.1 Å². The van der Waals surface area contributed by atoms with Crippen molar-refractivity contribution in [2.75, 3.05) is 6.26 Å². The van der Waals surface area contributed by atoms with Crippen molar-refractivity contribution >= 4 is 33.7 Å². The first-order valence-electron chi connectivity index (χ1n) is 7.27. The lowest BCUT2D eigenvalue weighted by molar-refractivity contribution is 0.602. The van der Waals surface area contributed by atoms with Crippen LogP contribution in [0.25, 0.3) is 0 Å². The Kier molecular flexibility index (Phi) is 4.61. The van der Waals surface area contributed by atoms with Gasteiger partial charge in [-0.15, -0.1) is 0 Å². The molecule has 2 nitrogen and oxygen atoms in total. The van der Waals surface area contributed by atoms with E-state index in [1.54, 1.807) is 12.1 Å². The molecule has 0 spiro atoms. The summed E-state index contributed by atoms with van der Waals surface area (Å²) in [5.41, 5.74) is 0. The van der Waals surface area contributed by atoms with Crippen LogP contribution < -0.4 is 15.9 Å². The van der Waals surface area contributed by atoms with E-state index in [9.17, 15) is 8.42 Å². The molecule has 0 fully saturated rings. The SMILES string of the molecule is CS(=O)(=O)c1ccccc1P(c1ccccc1)c1ccccc1. The fourth-order valence-corrected chi connectivity index (χ4v) is 6.41. The van der Waals surface area contributed by atoms with Crippen LogP contribution in [0.5, 0.6) is 0 Å². The van der Waals surface area contributed by atoms with Gasteiger partial charge in [0.15, 0.2) is 9.84 Å². The van der Waals surface area contributed by atoms with Crippen LogP contribution in [0.4, 0.5) is 0 Å². The van der Waals surface area contributed by atoms with Crippen molar-refractivity contribution in [2.24, 2.45) is 0 Å². The van der Waals surface area contributed by atoms with Gasteiger partial charge in [0.25, 0.3) is 0 Å². The molecule has 0 unspecified atom stereocenters. The van der Waals surface area contributed by atoms with Gasteiger partial charge in [-0.25, -0.2) is 8.42 Å². The third kappa shape index (κ3) is 3.52. The summed E-state index contributed by atoms with van der Waals surface area (Å²) in [6.45, 7) is 0. The summed E-state index contributed by atoms with van der Waals surface area (Å²) < 4.78 is 24.5. The highest BCUT2D eigenvalue weighted by Gasteiger charge is 2.22. The molecular weight excluding hydrogens is 323 g/mol. The van der Waals surface area contributed by atoms with Crippen LogP contribution in [0.2, 0.25) is 0 Å². The normalized spacial score (nSPS) is 11.6. The van der Waals surface area contributed by atoms with Gasteiger partial charge in [-0.05, 0) is 24.6 Å². The van der Waals surface area contributed by atoms with Crippen LogP contribution in [0.1, 0.15) is 0 Å². The predicted molar refractivity (Wildman–Crippen MR) is 98.3 cm³/mol. The fourth-order valence-electron chi connectivity index (χ4n) is 2.54. The van der Waals surface area contributed by atoms with E-state index in [4.69, 9.17) is 0 Å². The third-order valence-electron chi connectivity index (χ3n) is 3.53. The Hall–Kier alpha value is -1.96. The molecule has 23 heavy (non-hydrogen) atoms. The fraction of sp³-hybridized carbons (Fsp3) is 0.0526. The maximum atomic E-state index is 12.2. The molecule has 0 N–H and O–H groups in total. The lowest BCUT2D eigenvalue weighted by Gasteiger charge is -2.21. The molecule has 0 atom stereocenters. The Morgan fingerprint density at radius 2 is 1.09 bits per heavy atom. The Labute approximate surface area is 138 Å². The van der Waals surface area contributed by atoms with Gasteiger partial charge in [-0.2, -0.15) is 0 Å². The molecule has 116 valence electrons. The molecule has 0 aliphatic heterocycles. The average Bonchev–Trinajstić information content (AvgIpc) is 2.57. The Balaban J connectivity index is 2.26. The summed E-state index contributed by atoms with van der Waals surface area (Å²) in [6, 6.07) is 27.5. The maximum Gasteiger partial charge on any atom is 0.176 e. The molecule has 0 radical (unpaired) electrons. The second kappa shape index (κ2) is 6.66. The van der Waals surface area contributed by atoms with E-state index < -0.39 is 17.8 Å². The zero-order valence-corrected chi connectivity index (χ0v) is 14.5. The molecule has 0 aliphatic carbocycles. The van der Waals surface area contributed by atoms with Crippen LogP contribution in [0, 0.1) is 0 Å². The summed E-state index contributed by atoms with van der Waals surface area (Å²) in [5.74, 6) is 0. The summed E-state index contributed by atoms with van der Waals surface area (Å²) >= 11 is 0. The van der Waals surface area contributed by atoms with Gasteiger partial charge in [-0.1, -0.05) is 78.9 Å². The number of benzene rings is 3. The molecule has 3 rings (SSSR count). The molecule has 3 aromatic rings. The van der Waals surface area contributed by atoms with Gasteiger partial charge in [0.1, 0.15) is 0 Å². The van der Waals surface area contributed by atoms with E-state index in [0.717, 1.165) is 15.9 Å². The molecule has 0 aromatic heterocycles. The first-order chi connectivity index (χ1) is 11.1. The first kappa shape index (κ1) is 15.9. The minimum absolute atomic E-state index is 0.416. The van der Waals surface area contributed by atoms with Crippen LogP contribution in [-0.2, 0) is 9.84 Å². The highest BCUT2D eigenvalue weighted by molar-refractivity contribution is 7.92. The van der Waals surface area contributed by atoms with Gasteiger partial charge in [0, 0.05) is 11.6 Å². The van der Waals surface area contributed by atoms with Crippen molar-refractivity contribution in [3.8, 4) is 0 Å². The Morgan fingerprint density at radius 1 is 0.652 bits per heavy atom. The van der Waals surface area contributed by atoms with Gasteiger partial charge in [-0.3, -0.25) is 0 Å². The van der Waals surface area contributed by atoms with Crippen LogP contribution in [0.3, 0.4) is 0 Å². The van der Waals surface area contributed by atoms with Gasteiger partial charge < -0.3 is 0 Å². The quantitative estimate of drug-likeness (QED) is 0.685. The largest absolute Gasteiger partial charge is 0.224 e. The molecular formula is C19H17O2PS. The second-order valence-corrected chi connectivity index (χ2v) is 9.42. The maximum absolute atomic E-state index is 12.2. The van der Waals surface area contributed by atoms with E-state index in [1.165, 1.54) is 6.26 Å². The van der Waals surface area contributed by atoms with Gasteiger partial charge in [0.2, 0.25) is 0 Å². The van der Waals surface area contributed by atoms with E-state index in [-0.39, 0.29) is 0 Å². The van der Waals surface area contributed by atoms with Crippen molar-refractivity contribution in [2.45, 2.75) is 4.90 Å². The van der Waals surface area contributed by atoms with Crippen LogP contribution in [0.15, 0.2) is 89.8 Å². The van der Waals surface area contributed by atoms with E-state index in [2.05, 4.69) is 24.3 Å². The molecule has 0 amide bonds. The van der Waals surface area contributed by atoms with E-state index in [1.807, 2.05) is 48.5 Å². The number of hydrogen-bond acceptors (Lipinski definition) is 2. The highest BCUT2D eigenvalue weighted by atomic mass is 32.2. The number of rotatable bonds is 4. The van der Waals surface area contributed by atoms with Crippen molar-refractivity contribution < 1.29 is 8.42 Å². The number of hydrogen-bond donors (Lipinski definition) is 0. The van der Waals surface area contributed by atoms with Crippen molar-refractivity contribution in [1.82, 2.24) is 0 Å². The minimum atomic E-state index is -3.28. The van der Waals surface area contributed by atoms with Crippen LogP contribution in [-0.4, -0.2) is 14.7 Å². The summed E-state index contributed by atoms with van der Waals surface area (Å²) in [7, 11) is -4.19. The number of sulfone groups is 1. The molecule has 0 heterocycles. The van der Waals surface area contributed by atoms with Gasteiger partial charge >= 0.3 is 0 Å². The zero-order valence-electron chi connectivity index (χ0n) is 12.8. The third-order valence-corrected chi connectivity index (χ3v) is 7.34. The minimum Gasteiger partial charge on any atom is -0.224 e. The lowest BCUT2D eigenvalue weighted by atomic mass is 10.3. The highest BCUT2D eigenvalue weighted by Crippen LogP contribution is 2.35. The van der Waals surface area contributed by atoms with E-state index in [0.29, 0.717) is 4.90 Å². The predicted octanol–water partition coefficient (Wildman–Crippen LogP) is 2.85. The summed E-state index contributed by atoms with van der Waals surface area (Å²) in [4.78, 5) is 0.416. The monoisotopic (exact) mass is 340 g/mol. The van der Waals surface area contributed by atoms with Gasteiger partial charge in [0.05, 0.1) is 4.90 Å². The van der Waals surface area contributed by atoms with Crippen LogP contribution >= 0.6 is 7.92 Å². The zero-order chi connectivity index (χ0) is 16.3. The summed E-state index contributed by atoms with van der Waals surface area (Å²) in [6.07, 6.45) is 1.27. The molecule has 0 saturated heterocycles. The molecule has 0 saturated carbocycles. The first-order valence-corrected chi connectivity index (χ1v) is 10.5. The molecule has 4 heteroatoms. The summed E-state index contributed by atoms with van der Waals surface area (Å²) in [5, 5.41) is 3.16. The average molecular weight is 340 g/mol. The molecule has 3 aromatic carbocycles. The standard InChI is InChI=1S/C19H17O2PS/c1-23(20,21)19-15-9-8-14-18(19)22(16-10-4-2-5-11-16)17-12-6-3-7-13-17/h2-15H,1H3. The Morgan fingerprint density at radius 3 is 1.57 bits per heavy atom. The van der Waals surface area contributed by atoms with Crippen molar-refractivity contribution in [3.63, 3.8) is 0 Å².